The lowest BCUT2D eigenvalue weighted by Gasteiger charge is -2.11. The number of nitrogens with zero attached hydrogens (tertiary/aromatic N) is 2. The van der Waals surface area contributed by atoms with Crippen LogP contribution in [0.2, 0.25) is 10.0 Å². The zero-order valence-corrected chi connectivity index (χ0v) is 12.4. The SMILES string of the molecule is Clc1ccc(-n2ccnc2CC2=CCCC=C2)c(Cl)c1. The van der Waals surface area contributed by atoms with E-state index in [2.05, 4.69) is 23.2 Å². The smallest absolute Gasteiger partial charge is 0.117 e. The molecule has 0 fully saturated rings. The van der Waals surface area contributed by atoms with Gasteiger partial charge in [0.2, 0.25) is 0 Å². The molecule has 0 unspecified atom stereocenters. The van der Waals surface area contributed by atoms with Gasteiger partial charge >= 0.3 is 0 Å². The lowest BCUT2D eigenvalue weighted by atomic mass is 10.0. The Morgan fingerprint density at radius 3 is 2.85 bits per heavy atom. The largest absolute Gasteiger partial charge is 0.302 e. The maximum absolute atomic E-state index is 6.27. The highest BCUT2D eigenvalue weighted by atomic mass is 35.5. The summed E-state index contributed by atoms with van der Waals surface area (Å²) in [5, 5.41) is 1.27. The quantitative estimate of drug-likeness (QED) is 0.780. The molecule has 1 aromatic heterocycles. The van der Waals surface area contributed by atoms with Gasteiger partial charge in [-0.15, -0.1) is 0 Å². The van der Waals surface area contributed by atoms with E-state index in [4.69, 9.17) is 23.2 Å². The van der Waals surface area contributed by atoms with Crippen LogP contribution in [0.5, 0.6) is 0 Å². The maximum atomic E-state index is 6.27. The number of allylic oxidation sites excluding steroid dienone is 4. The maximum Gasteiger partial charge on any atom is 0.117 e. The number of aromatic nitrogens is 2. The van der Waals surface area contributed by atoms with Gasteiger partial charge < -0.3 is 4.57 Å². The van der Waals surface area contributed by atoms with Gasteiger partial charge in [0.05, 0.1) is 10.7 Å². The van der Waals surface area contributed by atoms with Crippen LogP contribution in [0.4, 0.5) is 0 Å². The molecular weight excluding hydrogens is 291 g/mol. The summed E-state index contributed by atoms with van der Waals surface area (Å²) in [5.41, 5.74) is 2.21. The van der Waals surface area contributed by atoms with Crippen molar-refractivity contribution < 1.29 is 0 Å². The van der Waals surface area contributed by atoms with Crippen molar-refractivity contribution in [3.63, 3.8) is 0 Å². The lowest BCUT2D eigenvalue weighted by molar-refractivity contribution is 0.896. The summed E-state index contributed by atoms with van der Waals surface area (Å²) in [6, 6.07) is 5.51. The van der Waals surface area contributed by atoms with E-state index >= 15 is 0 Å². The predicted octanol–water partition coefficient (Wildman–Crippen LogP) is 5.00. The van der Waals surface area contributed by atoms with Gasteiger partial charge in [-0.05, 0) is 36.6 Å². The van der Waals surface area contributed by atoms with Crippen LogP contribution in [-0.2, 0) is 6.42 Å². The molecule has 2 aromatic rings. The van der Waals surface area contributed by atoms with Gasteiger partial charge in [-0.1, -0.05) is 41.4 Å². The molecule has 1 aromatic carbocycles. The van der Waals surface area contributed by atoms with Crippen molar-refractivity contribution >= 4 is 23.2 Å². The molecule has 3 rings (SSSR count). The molecule has 0 saturated heterocycles. The molecule has 0 bridgehead atoms. The molecule has 102 valence electrons. The summed E-state index contributed by atoms with van der Waals surface area (Å²) in [7, 11) is 0. The summed E-state index contributed by atoms with van der Waals surface area (Å²) in [4.78, 5) is 4.45. The summed E-state index contributed by atoms with van der Waals surface area (Å²) < 4.78 is 2.02. The second-order valence-corrected chi connectivity index (χ2v) is 5.59. The Morgan fingerprint density at radius 2 is 2.10 bits per heavy atom. The molecule has 0 amide bonds. The molecule has 0 radical (unpaired) electrons. The van der Waals surface area contributed by atoms with Gasteiger partial charge in [-0.3, -0.25) is 0 Å². The molecule has 20 heavy (non-hydrogen) atoms. The normalized spacial score (nSPS) is 14.4. The van der Waals surface area contributed by atoms with Gasteiger partial charge in [-0.25, -0.2) is 4.98 Å². The molecule has 0 aliphatic heterocycles. The van der Waals surface area contributed by atoms with Crippen molar-refractivity contribution in [2.24, 2.45) is 0 Å². The molecule has 0 N–H and O–H groups in total. The number of hydrogen-bond donors (Lipinski definition) is 0. The average Bonchev–Trinajstić information content (AvgIpc) is 2.88. The summed E-state index contributed by atoms with van der Waals surface area (Å²) in [6.45, 7) is 0. The molecule has 4 heteroatoms. The van der Waals surface area contributed by atoms with E-state index in [9.17, 15) is 0 Å². The molecular formula is C16H14Cl2N2. The number of rotatable bonds is 3. The first-order chi connectivity index (χ1) is 9.74. The molecule has 1 aliphatic rings. The third kappa shape index (κ3) is 2.82. The Labute approximate surface area is 128 Å². The minimum Gasteiger partial charge on any atom is -0.302 e. The first kappa shape index (κ1) is 13.5. The van der Waals surface area contributed by atoms with Crippen molar-refractivity contribution in [1.82, 2.24) is 9.55 Å². The monoisotopic (exact) mass is 304 g/mol. The van der Waals surface area contributed by atoms with Crippen LogP contribution in [0.25, 0.3) is 5.69 Å². The topological polar surface area (TPSA) is 17.8 Å². The average molecular weight is 305 g/mol. The van der Waals surface area contributed by atoms with Crippen molar-refractivity contribution in [2.75, 3.05) is 0 Å². The highest BCUT2D eigenvalue weighted by molar-refractivity contribution is 6.35. The molecule has 2 nitrogen and oxygen atoms in total. The van der Waals surface area contributed by atoms with Crippen molar-refractivity contribution in [2.45, 2.75) is 19.3 Å². The van der Waals surface area contributed by atoms with E-state index in [0.29, 0.717) is 10.0 Å². The third-order valence-corrected chi connectivity index (χ3v) is 3.86. The molecule has 0 atom stereocenters. The highest BCUT2D eigenvalue weighted by Gasteiger charge is 2.10. The number of benzene rings is 1. The Morgan fingerprint density at radius 1 is 1.20 bits per heavy atom. The zero-order valence-electron chi connectivity index (χ0n) is 10.9. The van der Waals surface area contributed by atoms with Crippen molar-refractivity contribution in [3.05, 3.63) is 70.3 Å². The molecule has 0 spiro atoms. The second kappa shape index (κ2) is 5.86. The van der Waals surface area contributed by atoms with Gasteiger partial charge in [0.15, 0.2) is 0 Å². The van der Waals surface area contributed by atoms with Crippen LogP contribution in [0.1, 0.15) is 18.7 Å². The number of hydrogen-bond acceptors (Lipinski definition) is 1. The van der Waals surface area contributed by atoms with Crippen molar-refractivity contribution in [1.29, 1.82) is 0 Å². The van der Waals surface area contributed by atoms with E-state index in [0.717, 1.165) is 30.8 Å². The second-order valence-electron chi connectivity index (χ2n) is 4.74. The first-order valence-corrected chi connectivity index (χ1v) is 7.33. The molecule has 1 heterocycles. The van der Waals surface area contributed by atoms with E-state index in [1.54, 1.807) is 12.3 Å². The van der Waals surface area contributed by atoms with Crippen LogP contribution >= 0.6 is 23.2 Å². The van der Waals surface area contributed by atoms with Crippen LogP contribution < -0.4 is 0 Å². The highest BCUT2D eigenvalue weighted by Crippen LogP contribution is 2.26. The Kier molecular flexibility index (Phi) is 3.95. The Bertz CT molecular complexity index is 684. The molecule has 0 saturated carbocycles. The van der Waals surface area contributed by atoms with E-state index in [1.165, 1.54) is 5.57 Å². The Balaban J connectivity index is 1.93. The number of halogens is 2. The van der Waals surface area contributed by atoms with Crippen LogP contribution in [0.3, 0.4) is 0 Å². The van der Waals surface area contributed by atoms with E-state index in [1.807, 2.05) is 22.9 Å². The summed E-state index contributed by atoms with van der Waals surface area (Å²) in [5.74, 6) is 0.979. The molecule has 1 aliphatic carbocycles. The standard InChI is InChI=1S/C16H14Cl2N2/c17-13-6-7-15(14(18)11-13)20-9-8-19-16(20)10-12-4-2-1-3-5-12/h2,4-9,11H,1,3,10H2. The first-order valence-electron chi connectivity index (χ1n) is 6.57. The fourth-order valence-electron chi connectivity index (χ4n) is 2.34. The Hall–Kier alpha value is -1.51. The van der Waals surface area contributed by atoms with Gasteiger partial charge in [0, 0.05) is 23.8 Å². The fourth-order valence-corrected chi connectivity index (χ4v) is 2.84. The van der Waals surface area contributed by atoms with Gasteiger partial charge in [0.1, 0.15) is 5.82 Å². The van der Waals surface area contributed by atoms with Gasteiger partial charge in [-0.2, -0.15) is 0 Å². The van der Waals surface area contributed by atoms with E-state index < -0.39 is 0 Å². The third-order valence-electron chi connectivity index (χ3n) is 3.32. The van der Waals surface area contributed by atoms with Crippen LogP contribution in [-0.4, -0.2) is 9.55 Å². The van der Waals surface area contributed by atoms with Gasteiger partial charge in [0.25, 0.3) is 0 Å². The van der Waals surface area contributed by atoms with E-state index in [-0.39, 0.29) is 0 Å². The summed E-state index contributed by atoms with van der Waals surface area (Å²) in [6.07, 6.45) is 13.4. The fraction of sp³-hybridized carbons (Fsp3) is 0.188. The number of imidazole rings is 1. The lowest BCUT2D eigenvalue weighted by Crippen LogP contribution is -2.03. The predicted molar refractivity (Wildman–Crippen MR) is 83.7 cm³/mol. The summed E-state index contributed by atoms with van der Waals surface area (Å²) >= 11 is 12.2. The minimum absolute atomic E-state index is 0.630. The zero-order chi connectivity index (χ0) is 13.9. The van der Waals surface area contributed by atoms with Crippen molar-refractivity contribution in [3.8, 4) is 5.69 Å². The van der Waals surface area contributed by atoms with Crippen LogP contribution in [0, 0.1) is 0 Å². The van der Waals surface area contributed by atoms with Crippen LogP contribution in [0.15, 0.2) is 54.4 Å². The minimum atomic E-state index is 0.630.